The Labute approximate surface area is 172 Å². The van der Waals surface area contributed by atoms with Gasteiger partial charge in [0.2, 0.25) is 11.8 Å². The molecule has 0 unspecified atom stereocenters. The van der Waals surface area contributed by atoms with E-state index in [4.69, 9.17) is 0 Å². The van der Waals surface area contributed by atoms with Crippen molar-refractivity contribution in [1.82, 2.24) is 10.6 Å². The fourth-order valence-electron chi connectivity index (χ4n) is 3.38. The second-order valence-electron chi connectivity index (χ2n) is 7.81. The number of hydrogen-bond acceptors (Lipinski definition) is 2. The summed E-state index contributed by atoms with van der Waals surface area (Å²) in [6.45, 7) is 6.35. The zero-order valence-corrected chi connectivity index (χ0v) is 17.2. The van der Waals surface area contributed by atoms with E-state index in [1.165, 1.54) is 5.56 Å². The molecule has 4 heteroatoms. The molecule has 0 spiro atoms. The maximum Gasteiger partial charge on any atom is 0.243 e. The summed E-state index contributed by atoms with van der Waals surface area (Å²) < 4.78 is 0. The van der Waals surface area contributed by atoms with Gasteiger partial charge in [-0.1, -0.05) is 86.1 Å². The molecular formula is C25H28N2O2. The predicted octanol–water partition coefficient (Wildman–Crippen LogP) is 4.15. The molecule has 0 saturated heterocycles. The maximum absolute atomic E-state index is 12.7. The van der Waals surface area contributed by atoms with Gasteiger partial charge in [0.25, 0.3) is 0 Å². The largest absolute Gasteiger partial charge is 0.350 e. The quantitative estimate of drug-likeness (QED) is 0.639. The Kier molecular flexibility index (Phi) is 6.65. The van der Waals surface area contributed by atoms with Crippen LogP contribution in [0.15, 0.2) is 66.7 Å². The van der Waals surface area contributed by atoms with Crippen molar-refractivity contribution in [2.75, 3.05) is 0 Å². The summed E-state index contributed by atoms with van der Waals surface area (Å²) in [5, 5.41) is 8.04. The van der Waals surface area contributed by atoms with Crippen molar-refractivity contribution < 1.29 is 9.59 Å². The number of carbonyl (C=O) groups excluding carboxylic acids is 2. The minimum Gasteiger partial charge on any atom is -0.350 e. The van der Waals surface area contributed by atoms with Crippen molar-refractivity contribution in [3.05, 3.63) is 83.4 Å². The zero-order chi connectivity index (χ0) is 20.8. The molecule has 0 fully saturated rings. The number of nitrogens with one attached hydrogen (secondary N) is 2. The molecule has 3 rings (SSSR count). The second kappa shape index (κ2) is 9.37. The van der Waals surface area contributed by atoms with Crippen molar-refractivity contribution >= 4 is 22.6 Å². The molecule has 29 heavy (non-hydrogen) atoms. The van der Waals surface area contributed by atoms with Crippen molar-refractivity contribution in [3.63, 3.8) is 0 Å². The number of benzene rings is 3. The van der Waals surface area contributed by atoms with Crippen LogP contribution in [0.2, 0.25) is 0 Å². The normalized spacial score (nSPS) is 12.0. The van der Waals surface area contributed by atoms with Crippen molar-refractivity contribution in [2.24, 2.45) is 5.92 Å². The minimum absolute atomic E-state index is 0.00974. The first-order valence-electron chi connectivity index (χ1n) is 10.0. The van der Waals surface area contributed by atoms with Gasteiger partial charge in [0.15, 0.2) is 0 Å². The number of hydrogen-bond donors (Lipinski definition) is 2. The monoisotopic (exact) mass is 388 g/mol. The van der Waals surface area contributed by atoms with E-state index in [1.807, 2.05) is 87.5 Å². The highest BCUT2D eigenvalue weighted by atomic mass is 16.2. The summed E-state index contributed by atoms with van der Waals surface area (Å²) in [6.07, 6.45) is 0.246. The van der Waals surface area contributed by atoms with Crippen LogP contribution in [0.25, 0.3) is 10.8 Å². The highest BCUT2D eigenvalue weighted by Gasteiger charge is 2.24. The third-order valence-corrected chi connectivity index (χ3v) is 5.08. The van der Waals surface area contributed by atoms with Gasteiger partial charge >= 0.3 is 0 Å². The van der Waals surface area contributed by atoms with Gasteiger partial charge in [0.1, 0.15) is 6.04 Å². The topological polar surface area (TPSA) is 58.2 Å². The van der Waals surface area contributed by atoms with Crippen LogP contribution in [0.1, 0.15) is 30.5 Å². The Hall–Kier alpha value is -3.14. The molecule has 0 aliphatic rings. The Balaban J connectivity index is 1.63. The maximum atomic E-state index is 12.7. The van der Waals surface area contributed by atoms with Crippen LogP contribution in [0.3, 0.4) is 0 Å². The summed E-state index contributed by atoms with van der Waals surface area (Å²) >= 11 is 0. The second-order valence-corrected chi connectivity index (χ2v) is 7.81. The third kappa shape index (κ3) is 5.44. The summed E-state index contributed by atoms with van der Waals surface area (Å²) in [5.74, 6) is -0.318. The van der Waals surface area contributed by atoms with Crippen molar-refractivity contribution in [1.29, 1.82) is 0 Å². The molecule has 0 aliphatic heterocycles. The van der Waals surface area contributed by atoms with E-state index in [-0.39, 0.29) is 24.2 Å². The van der Waals surface area contributed by atoms with Crippen LogP contribution in [-0.2, 0) is 22.6 Å². The Morgan fingerprint density at radius 3 is 2.31 bits per heavy atom. The first kappa shape index (κ1) is 20.6. The van der Waals surface area contributed by atoms with E-state index in [0.717, 1.165) is 21.9 Å². The molecule has 4 nitrogen and oxygen atoms in total. The Morgan fingerprint density at radius 2 is 1.59 bits per heavy atom. The van der Waals surface area contributed by atoms with Crippen LogP contribution in [0, 0.1) is 12.8 Å². The van der Waals surface area contributed by atoms with Crippen LogP contribution in [0.5, 0.6) is 0 Å². The molecule has 150 valence electrons. The lowest BCUT2D eigenvalue weighted by molar-refractivity contribution is -0.129. The molecule has 0 heterocycles. The molecule has 3 aromatic rings. The van der Waals surface area contributed by atoms with Crippen LogP contribution in [0.4, 0.5) is 0 Å². The molecule has 0 aliphatic carbocycles. The summed E-state index contributed by atoms with van der Waals surface area (Å²) in [7, 11) is 0. The smallest absolute Gasteiger partial charge is 0.243 e. The molecule has 0 radical (unpaired) electrons. The van der Waals surface area contributed by atoms with Gasteiger partial charge in [-0.15, -0.1) is 0 Å². The van der Waals surface area contributed by atoms with Gasteiger partial charge in [-0.3, -0.25) is 9.59 Å². The van der Waals surface area contributed by atoms with E-state index in [9.17, 15) is 9.59 Å². The number of amides is 2. The van der Waals surface area contributed by atoms with Gasteiger partial charge in [-0.05, 0) is 34.7 Å². The average molecular weight is 389 g/mol. The Morgan fingerprint density at radius 1 is 0.897 bits per heavy atom. The lowest BCUT2D eigenvalue weighted by Crippen LogP contribution is -2.49. The lowest BCUT2D eigenvalue weighted by atomic mass is 10.00. The van der Waals surface area contributed by atoms with E-state index < -0.39 is 6.04 Å². The van der Waals surface area contributed by atoms with Gasteiger partial charge in [0, 0.05) is 6.54 Å². The predicted molar refractivity (Wildman–Crippen MR) is 117 cm³/mol. The highest BCUT2D eigenvalue weighted by Crippen LogP contribution is 2.19. The molecule has 0 bridgehead atoms. The first-order valence-corrected chi connectivity index (χ1v) is 10.0. The molecule has 0 aromatic heterocycles. The average Bonchev–Trinajstić information content (AvgIpc) is 2.71. The Bertz CT molecular complexity index is 988. The van der Waals surface area contributed by atoms with Gasteiger partial charge in [-0.2, -0.15) is 0 Å². The van der Waals surface area contributed by atoms with Crippen LogP contribution < -0.4 is 10.6 Å². The molecule has 3 aromatic carbocycles. The molecule has 2 N–H and O–H groups in total. The van der Waals surface area contributed by atoms with Crippen LogP contribution >= 0.6 is 0 Å². The van der Waals surface area contributed by atoms with Gasteiger partial charge in [-0.25, -0.2) is 0 Å². The highest BCUT2D eigenvalue weighted by molar-refractivity contribution is 5.92. The first-order chi connectivity index (χ1) is 13.9. The van der Waals surface area contributed by atoms with E-state index >= 15 is 0 Å². The fourth-order valence-corrected chi connectivity index (χ4v) is 3.38. The number of fused-ring (bicyclic) bond motifs is 1. The minimum atomic E-state index is -0.567. The molecule has 2 amide bonds. The van der Waals surface area contributed by atoms with Gasteiger partial charge < -0.3 is 10.6 Å². The molecular weight excluding hydrogens is 360 g/mol. The van der Waals surface area contributed by atoms with E-state index in [2.05, 4.69) is 10.6 Å². The lowest BCUT2D eigenvalue weighted by Gasteiger charge is -2.22. The molecule has 1 atom stereocenters. The molecule has 0 saturated carbocycles. The fraction of sp³-hybridized carbons (Fsp3) is 0.280. The summed E-state index contributed by atoms with van der Waals surface area (Å²) in [4.78, 5) is 25.4. The number of carbonyl (C=O) groups is 2. The standard InChI is InChI=1S/C25H28N2O2/c1-17(2)24(25(29)26-16-19-13-11-18(3)12-14-19)27-23(28)15-21-9-6-8-20-7-4-5-10-22(20)21/h4-14,17,24H,15-16H2,1-3H3,(H,26,29)(H,27,28)/t24-/m0/s1. The SMILES string of the molecule is Cc1ccc(CNC(=O)[C@@H](NC(=O)Cc2cccc3ccccc23)C(C)C)cc1. The third-order valence-electron chi connectivity index (χ3n) is 5.08. The van der Waals surface area contributed by atoms with Crippen LogP contribution in [-0.4, -0.2) is 17.9 Å². The van der Waals surface area contributed by atoms with Gasteiger partial charge in [0.05, 0.1) is 6.42 Å². The summed E-state index contributed by atoms with van der Waals surface area (Å²) in [5.41, 5.74) is 3.18. The number of aryl methyl sites for hydroxylation is 1. The van der Waals surface area contributed by atoms with E-state index in [0.29, 0.717) is 6.54 Å². The number of rotatable bonds is 7. The summed E-state index contributed by atoms with van der Waals surface area (Å²) in [6, 6.07) is 21.4. The zero-order valence-electron chi connectivity index (χ0n) is 17.2. The van der Waals surface area contributed by atoms with Crippen molar-refractivity contribution in [3.8, 4) is 0 Å². The van der Waals surface area contributed by atoms with E-state index in [1.54, 1.807) is 0 Å². The van der Waals surface area contributed by atoms with Crippen molar-refractivity contribution in [2.45, 2.75) is 39.8 Å².